The summed E-state index contributed by atoms with van der Waals surface area (Å²) in [5, 5.41) is 18.6. The van der Waals surface area contributed by atoms with Gasteiger partial charge in [0.2, 0.25) is 0 Å². The van der Waals surface area contributed by atoms with Crippen molar-refractivity contribution in [1.29, 1.82) is 0 Å². The van der Waals surface area contributed by atoms with Gasteiger partial charge in [-0.25, -0.2) is 0 Å². The summed E-state index contributed by atoms with van der Waals surface area (Å²) in [5.74, 6) is -1.45. The maximum atomic E-state index is 11.4. The zero-order valence-corrected chi connectivity index (χ0v) is 35.2. The molecule has 14 nitrogen and oxygen atoms in total. The standard InChI is InChI=1S/C44H52N2O12S2/c1-57-41-31-38(18-10-6-4-8-16-36-21-25-40(26-22-36)46(34-44(49)50)28-12-14-30-60(54,55)56)42(58-2)32-37(41)17-9-5-3-7-15-35-19-23-39(24-20-35)45(33-43(47)48)27-11-13-29-59(51,52)53/h3-10,15-26,31-32H,11-14,27-30,33-34H2,1-2H3,(H,47,48)(H,49,50)(H,51,52,53)(H,54,55,56)/b5-3+,6-4+,15-7+,16-8+,17-9+,18-10+. The molecule has 0 heterocycles. The van der Waals surface area contributed by atoms with Crippen LogP contribution in [0.25, 0.3) is 24.3 Å². The number of unbranched alkanes of at least 4 members (excludes halogenated alkanes) is 2. The lowest BCUT2D eigenvalue weighted by atomic mass is 10.1. The largest absolute Gasteiger partial charge is 0.496 e. The fourth-order valence-corrected chi connectivity index (χ4v) is 6.94. The van der Waals surface area contributed by atoms with Crippen molar-refractivity contribution in [3.05, 3.63) is 132 Å². The summed E-state index contributed by atoms with van der Waals surface area (Å²) < 4.78 is 73.0. The molecule has 0 aliphatic rings. The number of ether oxygens (including phenoxy) is 2. The van der Waals surface area contributed by atoms with E-state index < -0.39 is 32.2 Å². The van der Waals surface area contributed by atoms with Gasteiger partial charge in [0, 0.05) is 35.6 Å². The molecule has 0 aliphatic carbocycles. The Kier molecular flexibility index (Phi) is 20.1. The van der Waals surface area contributed by atoms with Crippen molar-refractivity contribution in [3.8, 4) is 11.5 Å². The van der Waals surface area contributed by atoms with Crippen LogP contribution in [0.3, 0.4) is 0 Å². The second kappa shape index (κ2) is 24.9. The molecule has 4 N–H and O–H groups in total. The van der Waals surface area contributed by atoms with Crippen molar-refractivity contribution < 1.29 is 55.2 Å². The van der Waals surface area contributed by atoms with E-state index in [-0.39, 0.29) is 37.4 Å². The second-order valence-corrected chi connectivity index (χ2v) is 16.5. The highest BCUT2D eigenvalue weighted by Crippen LogP contribution is 2.31. The SMILES string of the molecule is COc1cc(/C=C/C=C/C=C/c2ccc(N(CCCCS(=O)(=O)O)CC(=O)O)cc2)c(OC)cc1/C=C/C=C/C=C/c1ccc(N(CCCCS(=O)(=O)O)CC(=O)O)cc1. The van der Waals surface area contributed by atoms with E-state index in [4.69, 9.17) is 18.6 Å². The molecule has 0 aromatic heterocycles. The van der Waals surface area contributed by atoms with Crippen LogP contribution in [0.15, 0.2) is 109 Å². The fourth-order valence-electron chi connectivity index (χ4n) is 5.81. The Labute approximate surface area is 352 Å². The summed E-state index contributed by atoms with van der Waals surface area (Å²) in [6.07, 6.45) is 23.8. The summed E-state index contributed by atoms with van der Waals surface area (Å²) in [6, 6.07) is 18.4. The van der Waals surface area contributed by atoms with Crippen molar-refractivity contribution in [2.75, 3.05) is 61.7 Å². The number of aliphatic carboxylic acids is 2. The molecule has 0 radical (unpaired) electrons. The lowest BCUT2D eigenvalue weighted by Crippen LogP contribution is -2.30. The number of rotatable bonds is 26. The van der Waals surface area contributed by atoms with Gasteiger partial charge in [0.05, 0.1) is 25.7 Å². The van der Waals surface area contributed by atoms with E-state index in [9.17, 15) is 36.6 Å². The van der Waals surface area contributed by atoms with Crippen LogP contribution in [0.4, 0.5) is 11.4 Å². The van der Waals surface area contributed by atoms with E-state index >= 15 is 0 Å². The average Bonchev–Trinajstić information content (AvgIpc) is 3.19. The Morgan fingerprint density at radius 1 is 0.533 bits per heavy atom. The number of carbonyl (C=O) groups is 2. The smallest absolute Gasteiger partial charge is 0.323 e. The molecule has 3 aromatic carbocycles. The van der Waals surface area contributed by atoms with Gasteiger partial charge in [-0.15, -0.1) is 0 Å². The number of methoxy groups -OCH3 is 2. The van der Waals surface area contributed by atoms with Gasteiger partial charge in [-0.3, -0.25) is 18.7 Å². The van der Waals surface area contributed by atoms with E-state index in [1.165, 1.54) is 0 Å². The summed E-state index contributed by atoms with van der Waals surface area (Å²) in [5.41, 5.74) is 4.80. The van der Waals surface area contributed by atoms with Gasteiger partial charge in [0.15, 0.2) is 0 Å². The van der Waals surface area contributed by atoms with Crippen LogP contribution in [0.1, 0.15) is 47.9 Å². The predicted molar refractivity (Wildman–Crippen MR) is 238 cm³/mol. The number of hydrogen-bond acceptors (Lipinski definition) is 10. The number of carboxylic acids is 2. The highest BCUT2D eigenvalue weighted by Gasteiger charge is 2.14. The van der Waals surface area contributed by atoms with Crippen molar-refractivity contribution in [1.82, 2.24) is 0 Å². The first kappa shape index (κ1) is 48.4. The van der Waals surface area contributed by atoms with Gasteiger partial charge in [-0.2, -0.15) is 16.8 Å². The Hall–Kier alpha value is -5.94. The molecule has 16 heteroatoms. The van der Waals surface area contributed by atoms with Crippen LogP contribution < -0.4 is 19.3 Å². The first-order valence-electron chi connectivity index (χ1n) is 18.9. The number of benzene rings is 3. The average molecular weight is 865 g/mol. The number of hydrogen-bond donors (Lipinski definition) is 4. The molecule has 60 heavy (non-hydrogen) atoms. The molecule has 0 bridgehead atoms. The van der Waals surface area contributed by atoms with Crippen molar-refractivity contribution in [2.24, 2.45) is 0 Å². The van der Waals surface area contributed by atoms with Gasteiger partial charge in [-0.1, -0.05) is 97.2 Å². The molecular weight excluding hydrogens is 813 g/mol. The number of carboxylic acid groups (broad SMARTS) is 2. The molecule has 0 spiro atoms. The number of allylic oxidation sites excluding steroid dienone is 8. The molecule has 0 atom stereocenters. The van der Waals surface area contributed by atoms with E-state index in [0.717, 1.165) is 22.3 Å². The highest BCUT2D eigenvalue weighted by atomic mass is 32.2. The maximum absolute atomic E-state index is 11.4. The molecule has 0 saturated heterocycles. The van der Waals surface area contributed by atoms with Crippen molar-refractivity contribution in [3.63, 3.8) is 0 Å². The van der Waals surface area contributed by atoms with Crippen LogP contribution in [-0.4, -0.2) is 100.0 Å². The third-order valence-corrected chi connectivity index (χ3v) is 10.3. The fraction of sp³-hybridized carbons (Fsp3) is 0.273. The third-order valence-electron chi connectivity index (χ3n) is 8.71. The van der Waals surface area contributed by atoms with Gasteiger partial charge >= 0.3 is 11.9 Å². The molecule has 0 aliphatic heterocycles. The zero-order valence-electron chi connectivity index (χ0n) is 33.5. The summed E-state index contributed by atoms with van der Waals surface area (Å²) in [6.45, 7) is 0.185. The minimum Gasteiger partial charge on any atom is -0.496 e. The van der Waals surface area contributed by atoms with E-state index in [1.54, 1.807) is 48.3 Å². The molecule has 0 fully saturated rings. The summed E-state index contributed by atoms with van der Waals surface area (Å²) in [4.78, 5) is 26.0. The van der Waals surface area contributed by atoms with Gasteiger partial charge in [-0.05, 0) is 73.2 Å². The monoisotopic (exact) mass is 864 g/mol. The molecule has 0 amide bonds. The Morgan fingerprint density at radius 3 is 1.17 bits per heavy atom. The van der Waals surface area contributed by atoms with Gasteiger partial charge in [0.25, 0.3) is 20.2 Å². The Bertz CT molecular complexity index is 2100. The zero-order chi connectivity index (χ0) is 44.0. The summed E-state index contributed by atoms with van der Waals surface area (Å²) >= 11 is 0. The first-order valence-corrected chi connectivity index (χ1v) is 22.1. The van der Waals surface area contributed by atoms with E-state index in [1.807, 2.05) is 109 Å². The Balaban J connectivity index is 1.56. The quantitative estimate of drug-likeness (QED) is 0.0353. The van der Waals surface area contributed by atoms with E-state index in [0.29, 0.717) is 48.8 Å². The van der Waals surface area contributed by atoms with Crippen molar-refractivity contribution >= 4 is 67.9 Å². The lowest BCUT2D eigenvalue weighted by molar-refractivity contribution is -0.136. The van der Waals surface area contributed by atoms with Crippen LogP contribution in [-0.2, 0) is 29.8 Å². The lowest BCUT2D eigenvalue weighted by Gasteiger charge is -2.23. The topological polar surface area (TPSA) is 208 Å². The Morgan fingerprint density at radius 2 is 0.867 bits per heavy atom. The summed E-state index contributed by atoms with van der Waals surface area (Å²) in [7, 11) is -4.93. The van der Waals surface area contributed by atoms with Crippen molar-refractivity contribution in [2.45, 2.75) is 25.7 Å². The van der Waals surface area contributed by atoms with Gasteiger partial charge in [0.1, 0.15) is 24.6 Å². The third kappa shape index (κ3) is 19.2. The van der Waals surface area contributed by atoms with Crippen LogP contribution in [0.2, 0.25) is 0 Å². The normalized spacial score (nSPS) is 12.5. The molecule has 322 valence electrons. The number of nitrogens with zero attached hydrogens (tertiary/aromatic N) is 2. The highest BCUT2D eigenvalue weighted by molar-refractivity contribution is 7.86. The molecule has 3 rings (SSSR count). The molecular formula is C44H52N2O12S2. The first-order chi connectivity index (χ1) is 28.6. The molecule has 3 aromatic rings. The maximum Gasteiger partial charge on any atom is 0.323 e. The predicted octanol–water partition coefficient (Wildman–Crippen LogP) is 7.39. The molecule has 0 saturated carbocycles. The van der Waals surface area contributed by atoms with Crippen LogP contribution in [0.5, 0.6) is 11.5 Å². The minimum atomic E-state index is -4.06. The second-order valence-electron chi connectivity index (χ2n) is 13.3. The van der Waals surface area contributed by atoms with Gasteiger partial charge < -0.3 is 29.5 Å². The van der Waals surface area contributed by atoms with Crippen LogP contribution >= 0.6 is 0 Å². The van der Waals surface area contributed by atoms with E-state index in [2.05, 4.69) is 0 Å². The number of anilines is 2. The van der Waals surface area contributed by atoms with Crippen LogP contribution in [0, 0.1) is 0 Å². The molecule has 0 unspecified atom stereocenters. The minimum absolute atomic E-state index is 0.220.